The van der Waals surface area contributed by atoms with Crippen molar-refractivity contribution in [3.8, 4) is 0 Å². The maximum absolute atomic E-state index is 14.2. The van der Waals surface area contributed by atoms with Crippen LogP contribution in [0.5, 0.6) is 0 Å². The molecular formula is C31H33N7O. The second-order valence-corrected chi connectivity index (χ2v) is 11.0. The molecule has 8 nitrogen and oxygen atoms in total. The van der Waals surface area contributed by atoms with Crippen molar-refractivity contribution in [1.82, 2.24) is 24.3 Å². The van der Waals surface area contributed by atoms with Crippen molar-refractivity contribution >= 4 is 38.7 Å². The average Bonchev–Trinajstić information content (AvgIpc) is 3.61. The molecule has 2 N–H and O–H groups in total. The summed E-state index contributed by atoms with van der Waals surface area (Å²) in [7, 11) is 0. The van der Waals surface area contributed by atoms with Gasteiger partial charge in [0.05, 0.1) is 23.4 Å². The van der Waals surface area contributed by atoms with Gasteiger partial charge in [-0.1, -0.05) is 54.1 Å². The molecule has 0 radical (unpaired) electrons. The molecule has 4 heterocycles. The third-order valence-corrected chi connectivity index (χ3v) is 8.22. The van der Waals surface area contributed by atoms with E-state index in [4.69, 9.17) is 20.8 Å². The number of anilines is 1. The highest BCUT2D eigenvalue weighted by Gasteiger charge is 2.26. The van der Waals surface area contributed by atoms with Gasteiger partial charge in [-0.25, -0.2) is 9.67 Å². The summed E-state index contributed by atoms with van der Waals surface area (Å²) in [4.78, 5) is 26.5. The van der Waals surface area contributed by atoms with Gasteiger partial charge >= 0.3 is 0 Å². The van der Waals surface area contributed by atoms with E-state index in [9.17, 15) is 4.79 Å². The summed E-state index contributed by atoms with van der Waals surface area (Å²) < 4.78 is 3.71. The van der Waals surface area contributed by atoms with E-state index >= 15 is 0 Å². The first-order chi connectivity index (χ1) is 19.1. The summed E-state index contributed by atoms with van der Waals surface area (Å²) >= 11 is 0. The molecule has 8 heteroatoms. The van der Waals surface area contributed by atoms with Crippen molar-refractivity contribution < 1.29 is 0 Å². The molecule has 1 fully saturated rings. The Kier molecular flexibility index (Phi) is 5.92. The van der Waals surface area contributed by atoms with Gasteiger partial charge in [0.25, 0.3) is 5.56 Å². The van der Waals surface area contributed by atoms with Gasteiger partial charge in [0.1, 0.15) is 11.0 Å². The summed E-state index contributed by atoms with van der Waals surface area (Å²) in [5.41, 5.74) is 11.4. The van der Waals surface area contributed by atoms with Crippen LogP contribution in [-0.4, -0.2) is 43.4 Å². The number of hydrogen-bond acceptors (Lipinski definition) is 6. The highest BCUT2D eigenvalue weighted by atomic mass is 16.1. The Labute approximate surface area is 226 Å². The summed E-state index contributed by atoms with van der Waals surface area (Å²) in [5.74, 6) is 0.835. The van der Waals surface area contributed by atoms with Gasteiger partial charge in [-0.15, -0.1) is 0 Å². The molecule has 3 aromatic heterocycles. The number of aromatic nitrogens is 5. The molecule has 198 valence electrons. The average molecular weight is 520 g/mol. The van der Waals surface area contributed by atoms with E-state index in [1.54, 1.807) is 4.68 Å². The van der Waals surface area contributed by atoms with Gasteiger partial charge in [0, 0.05) is 36.4 Å². The Balaban J connectivity index is 1.40. The van der Waals surface area contributed by atoms with Crippen LogP contribution in [0.2, 0.25) is 0 Å². The number of fused-ring (bicyclic) bond motifs is 4. The van der Waals surface area contributed by atoms with Crippen LogP contribution in [-0.2, 0) is 13.1 Å². The lowest BCUT2D eigenvalue weighted by Crippen LogP contribution is -2.44. The van der Waals surface area contributed by atoms with Crippen molar-refractivity contribution in [3.05, 3.63) is 81.9 Å². The molecule has 39 heavy (non-hydrogen) atoms. The number of nitrogens with zero attached hydrogens (tertiary/aromatic N) is 6. The Bertz CT molecular complexity index is 1820. The van der Waals surface area contributed by atoms with Gasteiger partial charge in [-0.05, 0) is 50.5 Å². The predicted octanol–water partition coefficient (Wildman–Crippen LogP) is 4.69. The van der Waals surface area contributed by atoms with Crippen molar-refractivity contribution in [2.75, 3.05) is 18.0 Å². The Morgan fingerprint density at radius 3 is 2.56 bits per heavy atom. The maximum atomic E-state index is 14.2. The van der Waals surface area contributed by atoms with E-state index in [1.165, 1.54) is 5.57 Å². The fraction of sp³-hybridized carbons (Fsp3) is 0.355. The molecule has 1 aliphatic carbocycles. The minimum atomic E-state index is -0.131. The lowest BCUT2D eigenvalue weighted by molar-refractivity contribution is 0.495. The number of pyridine rings is 1. The number of benzene rings is 2. The standard InChI is InChI=1S/C31H33N7O/c1-20-28-29(37(17-21-9-2-3-10-21)31(34-28)36-16-8-11-22(32)18-36)30(39)38(35-20)19-27-25-14-5-4-12-23(25)24-13-6-7-15-26(24)33-27/h4-7,9,12-15,22H,2-3,8,10-11,16-19,32H2,1H3. The molecule has 0 spiro atoms. The van der Waals surface area contributed by atoms with Gasteiger partial charge < -0.3 is 15.2 Å². The van der Waals surface area contributed by atoms with Gasteiger partial charge in [-0.2, -0.15) is 5.10 Å². The molecular weight excluding hydrogens is 486 g/mol. The zero-order chi connectivity index (χ0) is 26.5. The highest BCUT2D eigenvalue weighted by Crippen LogP contribution is 2.29. The largest absolute Gasteiger partial charge is 0.341 e. The smallest absolute Gasteiger partial charge is 0.293 e. The molecule has 1 unspecified atom stereocenters. The third kappa shape index (κ3) is 4.19. The number of nitrogens with two attached hydrogens (primary N) is 1. The van der Waals surface area contributed by atoms with E-state index in [0.29, 0.717) is 24.1 Å². The summed E-state index contributed by atoms with van der Waals surface area (Å²) in [6.07, 6.45) is 7.67. The van der Waals surface area contributed by atoms with Crippen LogP contribution in [0, 0.1) is 6.92 Å². The van der Waals surface area contributed by atoms with Gasteiger partial charge in [0.15, 0.2) is 0 Å². The van der Waals surface area contributed by atoms with Crippen LogP contribution in [0.25, 0.3) is 32.7 Å². The minimum absolute atomic E-state index is 0.112. The van der Waals surface area contributed by atoms with Crippen LogP contribution in [0.1, 0.15) is 43.5 Å². The monoisotopic (exact) mass is 519 g/mol. The maximum Gasteiger partial charge on any atom is 0.293 e. The second kappa shape index (κ2) is 9.61. The van der Waals surface area contributed by atoms with Gasteiger partial charge in [-0.3, -0.25) is 9.78 Å². The summed E-state index contributed by atoms with van der Waals surface area (Å²) in [5, 5.41) is 8.04. The van der Waals surface area contributed by atoms with E-state index in [1.807, 2.05) is 37.3 Å². The minimum Gasteiger partial charge on any atom is -0.341 e. The Morgan fingerprint density at radius 2 is 1.77 bits per heavy atom. The molecule has 2 aromatic carbocycles. The van der Waals surface area contributed by atoms with Crippen LogP contribution in [0.15, 0.2) is 65.0 Å². The molecule has 1 atom stereocenters. The zero-order valence-electron chi connectivity index (χ0n) is 22.3. The molecule has 2 aliphatic rings. The number of allylic oxidation sites excluding steroid dienone is 2. The Morgan fingerprint density at radius 1 is 0.974 bits per heavy atom. The van der Waals surface area contributed by atoms with Crippen molar-refractivity contribution in [3.63, 3.8) is 0 Å². The predicted molar refractivity (Wildman–Crippen MR) is 156 cm³/mol. The van der Waals surface area contributed by atoms with E-state index in [2.05, 4.69) is 33.7 Å². The number of hydrogen-bond donors (Lipinski definition) is 1. The van der Waals surface area contributed by atoms with Crippen molar-refractivity contribution in [2.24, 2.45) is 5.73 Å². The molecule has 7 rings (SSSR count). The fourth-order valence-electron chi connectivity index (χ4n) is 6.32. The lowest BCUT2D eigenvalue weighted by Gasteiger charge is -2.32. The quantitative estimate of drug-likeness (QED) is 0.267. The number of para-hydroxylation sites is 1. The zero-order valence-corrected chi connectivity index (χ0v) is 22.3. The van der Waals surface area contributed by atoms with Crippen LogP contribution in [0.4, 0.5) is 5.95 Å². The SMILES string of the molecule is Cc1nn(Cc2nc3ccccc3c3ccccc23)c(=O)c2c1nc(N1CCCC(N)C1)n2CC1=CCCC1. The molecule has 1 aliphatic heterocycles. The first-order valence-electron chi connectivity index (χ1n) is 14.0. The summed E-state index contributed by atoms with van der Waals surface area (Å²) in [6.45, 7) is 4.55. The topological polar surface area (TPSA) is 94.9 Å². The molecule has 1 saturated heterocycles. The number of piperidine rings is 1. The number of rotatable bonds is 5. The van der Waals surface area contributed by atoms with Crippen LogP contribution >= 0.6 is 0 Å². The third-order valence-electron chi connectivity index (χ3n) is 8.22. The van der Waals surface area contributed by atoms with E-state index < -0.39 is 0 Å². The first kappa shape index (κ1) is 24.0. The van der Waals surface area contributed by atoms with E-state index in [0.717, 1.165) is 84.2 Å². The van der Waals surface area contributed by atoms with Gasteiger partial charge in [0.2, 0.25) is 5.95 Å². The molecule has 0 bridgehead atoms. The number of imidazole rings is 1. The van der Waals surface area contributed by atoms with Crippen LogP contribution < -0.4 is 16.2 Å². The highest BCUT2D eigenvalue weighted by molar-refractivity contribution is 6.06. The molecule has 0 amide bonds. The number of aryl methyl sites for hydroxylation is 1. The molecule has 5 aromatic rings. The fourth-order valence-corrected chi connectivity index (χ4v) is 6.32. The first-order valence-corrected chi connectivity index (χ1v) is 14.0. The Hall–Kier alpha value is -4.04. The van der Waals surface area contributed by atoms with Crippen molar-refractivity contribution in [2.45, 2.75) is 58.2 Å². The second-order valence-electron chi connectivity index (χ2n) is 11.0. The van der Waals surface area contributed by atoms with E-state index in [-0.39, 0.29) is 11.6 Å². The lowest BCUT2D eigenvalue weighted by atomic mass is 10.0. The molecule has 0 saturated carbocycles. The van der Waals surface area contributed by atoms with Crippen LogP contribution in [0.3, 0.4) is 0 Å². The summed E-state index contributed by atoms with van der Waals surface area (Å²) in [6, 6.07) is 16.5. The normalized spacial score (nSPS) is 17.9. The van der Waals surface area contributed by atoms with Crippen molar-refractivity contribution in [1.29, 1.82) is 0 Å².